The van der Waals surface area contributed by atoms with Gasteiger partial charge in [0.1, 0.15) is 19.0 Å². The zero-order valence-electron chi connectivity index (χ0n) is 14.6. The zero-order valence-corrected chi connectivity index (χ0v) is 15.4. The monoisotopic (exact) mass is 368 g/mol. The highest BCUT2D eigenvalue weighted by atomic mass is 32.2. The van der Waals surface area contributed by atoms with Gasteiger partial charge in [-0.2, -0.15) is 0 Å². The van der Waals surface area contributed by atoms with Crippen molar-refractivity contribution in [2.45, 2.75) is 18.6 Å². The van der Waals surface area contributed by atoms with Crippen LogP contribution < -0.4 is 14.2 Å². The SMILES string of the molecule is COc1cc2c(cc1CN1CCN(C)[C@H]3CS(=O)(=O)C[C@H]31)OCCO2. The maximum atomic E-state index is 12.1. The van der Waals surface area contributed by atoms with Gasteiger partial charge in [0.2, 0.25) is 0 Å². The molecule has 0 bridgehead atoms. The van der Waals surface area contributed by atoms with E-state index in [1.807, 2.05) is 19.2 Å². The van der Waals surface area contributed by atoms with Gasteiger partial charge in [-0.05, 0) is 13.1 Å². The van der Waals surface area contributed by atoms with E-state index in [0.717, 1.165) is 30.2 Å². The van der Waals surface area contributed by atoms with Crippen LogP contribution in [0.4, 0.5) is 0 Å². The second-order valence-electron chi connectivity index (χ2n) is 6.97. The summed E-state index contributed by atoms with van der Waals surface area (Å²) in [5.74, 6) is 2.66. The number of sulfone groups is 1. The predicted molar refractivity (Wildman–Crippen MR) is 93.3 cm³/mol. The summed E-state index contributed by atoms with van der Waals surface area (Å²) in [7, 11) is 0.679. The molecule has 0 amide bonds. The quantitative estimate of drug-likeness (QED) is 0.764. The van der Waals surface area contributed by atoms with Crippen LogP contribution in [-0.2, 0) is 16.4 Å². The van der Waals surface area contributed by atoms with E-state index in [-0.39, 0.29) is 23.6 Å². The lowest BCUT2D eigenvalue weighted by Crippen LogP contribution is -2.57. The lowest BCUT2D eigenvalue weighted by Gasteiger charge is -2.42. The number of hydrogen-bond donors (Lipinski definition) is 0. The van der Waals surface area contributed by atoms with E-state index in [9.17, 15) is 8.42 Å². The molecule has 8 heteroatoms. The van der Waals surface area contributed by atoms with Crippen LogP contribution in [0.2, 0.25) is 0 Å². The zero-order chi connectivity index (χ0) is 17.6. The molecule has 4 rings (SSSR count). The molecule has 2 saturated heterocycles. The second-order valence-corrected chi connectivity index (χ2v) is 9.12. The van der Waals surface area contributed by atoms with Crippen molar-refractivity contribution in [3.8, 4) is 17.2 Å². The van der Waals surface area contributed by atoms with E-state index in [1.165, 1.54) is 0 Å². The molecule has 0 spiro atoms. The third-order valence-electron chi connectivity index (χ3n) is 5.39. The molecule has 25 heavy (non-hydrogen) atoms. The van der Waals surface area contributed by atoms with Crippen LogP contribution in [0.1, 0.15) is 5.56 Å². The molecule has 7 nitrogen and oxygen atoms in total. The van der Waals surface area contributed by atoms with E-state index in [2.05, 4.69) is 9.80 Å². The lowest BCUT2D eigenvalue weighted by molar-refractivity contribution is 0.0566. The van der Waals surface area contributed by atoms with Gasteiger partial charge in [0, 0.05) is 43.3 Å². The van der Waals surface area contributed by atoms with Gasteiger partial charge >= 0.3 is 0 Å². The minimum Gasteiger partial charge on any atom is -0.496 e. The number of hydrogen-bond acceptors (Lipinski definition) is 7. The predicted octanol–water partition coefficient (Wildman–Crippen LogP) is 0.379. The van der Waals surface area contributed by atoms with Gasteiger partial charge in [0.25, 0.3) is 0 Å². The number of methoxy groups -OCH3 is 1. The fourth-order valence-electron chi connectivity index (χ4n) is 4.04. The van der Waals surface area contributed by atoms with Crippen LogP contribution >= 0.6 is 0 Å². The van der Waals surface area contributed by atoms with Crippen molar-refractivity contribution in [1.82, 2.24) is 9.80 Å². The van der Waals surface area contributed by atoms with Crippen LogP contribution in [-0.4, -0.2) is 82.3 Å². The number of piperazine rings is 1. The normalized spacial score (nSPS) is 28.6. The number of fused-ring (bicyclic) bond motifs is 2. The van der Waals surface area contributed by atoms with Gasteiger partial charge < -0.3 is 14.2 Å². The van der Waals surface area contributed by atoms with Crippen LogP contribution in [0.15, 0.2) is 12.1 Å². The number of ether oxygens (including phenoxy) is 3. The molecule has 2 atom stereocenters. The first-order valence-corrected chi connectivity index (χ1v) is 10.4. The van der Waals surface area contributed by atoms with Gasteiger partial charge in [0.05, 0.1) is 18.6 Å². The maximum Gasteiger partial charge on any atom is 0.165 e. The highest BCUT2D eigenvalue weighted by molar-refractivity contribution is 7.91. The Hall–Kier alpha value is -1.51. The van der Waals surface area contributed by atoms with Crippen molar-refractivity contribution in [3.63, 3.8) is 0 Å². The van der Waals surface area contributed by atoms with Crippen LogP contribution in [0.5, 0.6) is 17.2 Å². The first-order valence-electron chi connectivity index (χ1n) is 8.58. The van der Waals surface area contributed by atoms with Gasteiger partial charge in [-0.25, -0.2) is 8.42 Å². The summed E-state index contributed by atoms with van der Waals surface area (Å²) in [6.07, 6.45) is 0. The smallest absolute Gasteiger partial charge is 0.165 e. The molecule has 0 saturated carbocycles. The topological polar surface area (TPSA) is 68.3 Å². The van der Waals surface area contributed by atoms with Gasteiger partial charge in [-0.1, -0.05) is 0 Å². The van der Waals surface area contributed by atoms with Crippen LogP contribution in [0.3, 0.4) is 0 Å². The Balaban J connectivity index is 1.61. The standard InChI is InChI=1S/C17H24N2O5S/c1-18-3-4-19(14-11-25(20,21)10-13(14)18)9-12-7-16-17(8-15(12)22-2)24-6-5-23-16/h7-8,13-14H,3-6,9-11H2,1-2H3/t13-,14+/m0/s1. The average molecular weight is 368 g/mol. The summed E-state index contributed by atoms with van der Waals surface area (Å²) in [5, 5.41) is 0. The van der Waals surface area contributed by atoms with Crippen LogP contribution in [0.25, 0.3) is 0 Å². The molecule has 0 N–H and O–H groups in total. The molecule has 3 heterocycles. The number of benzene rings is 1. The minimum atomic E-state index is -2.98. The largest absolute Gasteiger partial charge is 0.496 e. The fourth-order valence-corrected chi connectivity index (χ4v) is 6.13. The van der Waals surface area contributed by atoms with E-state index in [0.29, 0.717) is 25.5 Å². The number of rotatable bonds is 3. The molecule has 0 aliphatic carbocycles. The Kier molecular flexibility index (Phi) is 4.29. The third kappa shape index (κ3) is 3.18. The van der Waals surface area contributed by atoms with Crippen LogP contribution in [0, 0.1) is 0 Å². The molecule has 0 unspecified atom stereocenters. The van der Waals surface area contributed by atoms with E-state index >= 15 is 0 Å². The molecule has 3 aliphatic rings. The minimum absolute atomic E-state index is 0.0293. The number of nitrogens with zero attached hydrogens (tertiary/aromatic N) is 2. The Morgan fingerprint density at radius 3 is 2.52 bits per heavy atom. The summed E-state index contributed by atoms with van der Waals surface area (Å²) in [6, 6.07) is 3.93. The van der Waals surface area contributed by atoms with Crippen molar-refractivity contribution < 1.29 is 22.6 Å². The second kappa shape index (κ2) is 6.34. The van der Waals surface area contributed by atoms with Crippen molar-refractivity contribution in [2.75, 3.05) is 52.0 Å². The highest BCUT2D eigenvalue weighted by Gasteiger charge is 2.45. The summed E-state index contributed by atoms with van der Waals surface area (Å²) >= 11 is 0. The Bertz CT molecular complexity index is 767. The Morgan fingerprint density at radius 2 is 1.80 bits per heavy atom. The molecular formula is C17H24N2O5S. The fraction of sp³-hybridized carbons (Fsp3) is 0.647. The average Bonchev–Trinajstić information content (AvgIpc) is 2.93. The van der Waals surface area contributed by atoms with Crippen molar-refractivity contribution >= 4 is 9.84 Å². The summed E-state index contributed by atoms with van der Waals surface area (Å²) in [4.78, 5) is 4.44. The van der Waals surface area contributed by atoms with Crippen molar-refractivity contribution in [2.24, 2.45) is 0 Å². The molecule has 1 aromatic rings. The van der Waals surface area contributed by atoms with Gasteiger partial charge in [0.15, 0.2) is 21.3 Å². The molecule has 2 fully saturated rings. The molecule has 138 valence electrons. The highest BCUT2D eigenvalue weighted by Crippen LogP contribution is 2.38. The van der Waals surface area contributed by atoms with E-state index < -0.39 is 9.84 Å². The lowest BCUT2D eigenvalue weighted by atomic mass is 10.0. The van der Waals surface area contributed by atoms with Crippen molar-refractivity contribution in [3.05, 3.63) is 17.7 Å². The molecule has 0 radical (unpaired) electrons. The Labute approximate surface area is 148 Å². The first-order chi connectivity index (χ1) is 12.0. The molecule has 1 aromatic carbocycles. The summed E-state index contributed by atoms with van der Waals surface area (Å²) in [5.41, 5.74) is 0.999. The van der Waals surface area contributed by atoms with Gasteiger partial charge in [-0.3, -0.25) is 9.80 Å². The van der Waals surface area contributed by atoms with E-state index in [4.69, 9.17) is 14.2 Å². The van der Waals surface area contributed by atoms with E-state index in [1.54, 1.807) is 7.11 Å². The third-order valence-corrected chi connectivity index (χ3v) is 7.09. The van der Waals surface area contributed by atoms with Crippen molar-refractivity contribution in [1.29, 1.82) is 0 Å². The first kappa shape index (κ1) is 16.9. The summed E-state index contributed by atoms with van der Waals surface area (Å²) < 4.78 is 41.1. The van der Waals surface area contributed by atoms with Gasteiger partial charge in [-0.15, -0.1) is 0 Å². The maximum absolute atomic E-state index is 12.1. The molecule has 0 aromatic heterocycles. The number of likely N-dealkylation sites (N-methyl/N-ethyl adjacent to an activating group) is 1. The Morgan fingerprint density at radius 1 is 1.12 bits per heavy atom. The summed E-state index contributed by atoms with van der Waals surface area (Å²) in [6.45, 7) is 3.42. The molecular weight excluding hydrogens is 344 g/mol. The molecule has 3 aliphatic heterocycles.